The Morgan fingerprint density at radius 3 is 2.58 bits per heavy atom. The van der Waals surface area contributed by atoms with Crippen molar-refractivity contribution in [2.45, 2.75) is 20.4 Å². The molecule has 0 spiro atoms. The van der Waals surface area contributed by atoms with Gasteiger partial charge in [-0.15, -0.1) is 0 Å². The van der Waals surface area contributed by atoms with Crippen LogP contribution >= 0.6 is 0 Å². The van der Waals surface area contributed by atoms with Crippen LogP contribution in [0, 0.1) is 13.8 Å². The van der Waals surface area contributed by atoms with E-state index in [-0.39, 0.29) is 5.69 Å². The molecule has 31 heavy (non-hydrogen) atoms. The third kappa shape index (κ3) is 2.92. The summed E-state index contributed by atoms with van der Waals surface area (Å²) in [7, 11) is 3.41. The van der Waals surface area contributed by atoms with Crippen molar-refractivity contribution in [2.24, 2.45) is 7.05 Å². The molecule has 0 N–H and O–H groups in total. The lowest BCUT2D eigenvalue weighted by atomic mass is 10.0. The quantitative estimate of drug-likeness (QED) is 0.440. The lowest BCUT2D eigenvalue weighted by Crippen LogP contribution is -2.22. The van der Waals surface area contributed by atoms with Gasteiger partial charge in [0.15, 0.2) is 0 Å². The predicted octanol–water partition coefficient (Wildman–Crippen LogP) is 4.22. The van der Waals surface area contributed by atoms with Gasteiger partial charge in [0.05, 0.1) is 47.7 Å². The Morgan fingerprint density at radius 1 is 1.13 bits per heavy atom. The van der Waals surface area contributed by atoms with E-state index >= 15 is 0 Å². The minimum Gasteiger partial charge on any atom is -0.496 e. The van der Waals surface area contributed by atoms with Gasteiger partial charge in [0.2, 0.25) is 0 Å². The predicted molar refractivity (Wildman–Crippen MR) is 120 cm³/mol. The highest BCUT2D eigenvalue weighted by molar-refractivity contribution is 6.05. The Kier molecular flexibility index (Phi) is 4.39. The van der Waals surface area contributed by atoms with E-state index in [2.05, 4.69) is 10.1 Å². The van der Waals surface area contributed by atoms with E-state index in [9.17, 15) is 4.79 Å². The maximum absolute atomic E-state index is 13.1. The van der Waals surface area contributed by atoms with Crippen LogP contribution in [0.4, 0.5) is 0 Å². The average Bonchev–Trinajstić information content (AvgIpc) is 3.24. The monoisotopic (exact) mass is 414 g/mol. The summed E-state index contributed by atoms with van der Waals surface area (Å²) >= 11 is 0. The Bertz CT molecular complexity index is 1470. The van der Waals surface area contributed by atoms with Gasteiger partial charge in [-0.3, -0.25) is 14.1 Å². The lowest BCUT2D eigenvalue weighted by Gasteiger charge is -2.12. The number of fused-ring (bicyclic) bond motifs is 3. The Balaban J connectivity index is 1.82. The molecule has 0 unspecified atom stereocenters. The Hall–Kier alpha value is -3.87. The van der Waals surface area contributed by atoms with E-state index in [1.165, 1.54) is 0 Å². The van der Waals surface area contributed by atoms with Crippen LogP contribution in [0.5, 0.6) is 5.75 Å². The van der Waals surface area contributed by atoms with Crippen LogP contribution in [0.15, 0.2) is 58.0 Å². The molecule has 5 rings (SSSR count). The van der Waals surface area contributed by atoms with E-state index in [4.69, 9.17) is 9.26 Å². The standard InChI is InChI=1S/C24H22N4O3/c1-14-22(15(2)31-26-14)18-10-19-17(11-21(18)30-4)23-20(12-25-19)27(3)24(29)28(23)13-16-8-6-5-7-9-16/h5-12H,13H2,1-4H3. The number of hydrogen-bond donors (Lipinski definition) is 0. The number of hydrogen-bond acceptors (Lipinski definition) is 5. The number of benzene rings is 2. The first kappa shape index (κ1) is 19.1. The fraction of sp³-hybridized carbons (Fsp3) is 0.208. The summed E-state index contributed by atoms with van der Waals surface area (Å²) in [6, 6.07) is 13.9. The largest absolute Gasteiger partial charge is 0.496 e. The molecule has 0 aliphatic heterocycles. The lowest BCUT2D eigenvalue weighted by molar-refractivity contribution is 0.393. The average molecular weight is 414 g/mol. The fourth-order valence-corrected chi connectivity index (χ4v) is 4.25. The summed E-state index contributed by atoms with van der Waals surface area (Å²) in [5.41, 5.74) is 5.92. The molecule has 5 aromatic rings. The maximum atomic E-state index is 13.1. The van der Waals surface area contributed by atoms with Crippen LogP contribution in [0.3, 0.4) is 0 Å². The molecule has 0 saturated carbocycles. The van der Waals surface area contributed by atoms with Crippen LogP contribution in [0.25, 0.3) is 33.1 Å². The van der Waals surface area contributed by atoms with Crippen LogP contribution in [-0.4, -0.2) is 26.4 Å². The molecule has 0 fully saturated rings. The number of nitrogens with zero attached hydrogens (tertiary/aromatic N) is 4. The molecule has 2 aromatic carbocycles. The van der Waals surface area contributed by atoms with Gasteiger partial charge in [0.1, 0.15) is 11.5 Å². The first-order valence-corrected chi connectivity index (χ1v) is 10.0. The van der Waals surface area contributed by atoms with E-state index in [0.29, 0.717) is 12.3 Å². The highest BCUT2D eigenvalue weighted by Crippen LogP contribution is 2.38. The van der Waals surface area contributed by atoms with Gasteiger partial charge < -0.3 is 9.26 Å². The molecule has 0 amide bonds. The summed E-state index contributed by atoms with van der Waals surface area (Å²) in [5, 5.41) is 4.93. The second kappa shape index (κ2) is 7.12. The van der Waals surface area contributed by atoms with Crippen LogP contribution in [-0.2, 0) is 13.6 Å². The van der Waals surface area contributed by atoms with E-state index in [0.717, 1.165) is 50.1 Å². The zero-order valence-corrected chi connectivity index (χ0v) is 17.8. The van der Waals surface area contributed by atoms with Gasteiger partial charge in [-0.05, 0) is 31.5 Å². The highest BCUT2D eigenvalue weighted by atomic mass is 16.5. The third-order valence-corrected chi connectivity index (χ3v) is 5.78. The molecule has 0 atom stereocenters. The van der Waals surface area contributed by atoms with E-state index < -0.39 is 0 Å². The second-order valence-corrected chi connectivity index (χ2v) is 7.67. The summed E-state index contributed by atoms with van der Waals surface area (Å²) in [6.07, 6.45) is 1.75. The van der Waals surface area contributed by atoms with Crippen LogP contribution < -0.4 is 10.4 Å². The summed E-state index contributed by atoms with van der Waals surface area (Å²) < 4.78 is 14.5. The summed E-state index contributed by atoms with van der Waals surface area (Å²) in [4.78, 5) is 17.7. The Morgan fingerprint density at radius 2 is 1.90 bits per heavy atom. The number of aryl methyl sites for hydroxylation is 3. The number of imidazole rings is 1. The molecular formula is C24H22N4O3. The van der Waals surface area contributed by atoms with Gasteiger partial charge in [-0.25, -0.2) is 4.79 Å². The SMILES string of the molecule is COc1cc2c(cc1-c1c(C)noc1C)ncc1c2n(Cc2ccccc2)c(=O)n1C. The molecule has 3 aromatic heterocycles. The summed E-state index contributed by atoms with van der Waals surface area (Å²) in [6.45, 7) is 4.26. The third-order valence-electron chi connectivity index (χ3n) is 5.78. The van der Waals surface area contributed by atoms with E-state index in [1.54, 1.807) is 29.5 Å². The smallest absolute Gasteiger partial charge is 0.329 e. The van der Waals surface area contributed by atoms with Crippen molar-refractivity contribution >= 4 is 21.9 Å². The highest BCUT2D eigenvalue weighted by Gasteiger charge is 2.20. The van der Waals surface area contributed by atoms with Gasteiger partial charge in [0.25, 0.3) is 0 Å². The van der Waals surface area contributed by atoms with Gasteiger partial charge in [-0.2, -0.15) is 0 Å². The maximum Gasteiger partial charge on any atom is 0.329 e. The van der Waals surface area contributed by atoms with Crippen molar-refractivity contribution in [3.63, 3.8) is 0 Å². The van der Waals surface area contributed by atoms with Crippen molar-refractivity contribution in [2.75, 3.05) is 7.11 Å². The van der Waals surface area contributed by atoms with Crippen molar-refractivity contribution in [1.82, 2.24) is 19.3 Å². The number of methoxy groups -OCH3 is 1. The molecular weight excluding hydrogens is 392 g/mol. The van der Waals surface area contributed by atoms with Gasteiger partial charge in [-0.1, -0.05) is 35.5 Å². The minimum atomic E-state index is -0.0816. The number of aromatic nitrogens is 4. The Labute approximate surface area is 178 Å². The zero-order chi connectivity index (χ0) is 21.7. The second-order valence-electron chi connectivity index (χ2n) is 7.67. The summed E-state index contributed by atoms with van der Waals surface area (Å²) in [5.74, 6) is 1.40. The molecule has 7 nitrogen and oxygen atoms in total. The number of pyridine rings is 1. The number of rotatable bonds is 4. The molecule has 3 heterocycles. The first-order valence-electron chi connectivity index (χ1n) is 10.0. The normalized spacial score (nSPS) is 11.5. The van der Waals surface area contributed by atoms with Crippen molar-refractivity contribution < 1.29 is 9.26 Å². The first-order chi connectivity index (χ1) is 15.0. The number of ether oxygens (including phenoxy) is 1. The topological polar surface area (TPSA) is 75.1 Å². The molecule has 0 saturated heterocycles. The molecule has 156 valence electrons. The minimum absolute atomic E-state index is 0.0816. The van der Waals surface area contributed by atoms with Crippen molar-refractivity contribution in [3.05, 3.63) is 76.2 Å². The fourth-order valence-electron chi connectivity index (χ4n) is 4.25. The molecule has 0 aliphatic carbocycles. The van der Waals surface area contributed by atoms with Crippen LogP contribution in [0.2, 0.25) is 0 Å². The molecule has 0 bridgehead atoms. The van der Waals surface area contributed by atoms with Crippen LogP contribution in [0.1, 0.15) is 17.0 Å². The zero-order valence-electron chi connectivity index (χ0n) is 17.8. The van der Waals surface area contributed by atoms with E-state index in [1.807, 2.05) is 56.3 Å². The molecule has 0 radical (unpaired) electrons. The molecule has 7 heteroatoms. The van der Waals surface area contributed by atoms with Crippen molar-refractivity contribution in [1.29, 1.82) is 0 Å². The molecule has 0 aliphatic rings. The van der Waals surface area contributed by atoms with Gasteiger partial charge in [0, 0.05) is 18.0 Å². The van der Waals surface area contributed by atoms with Gasteiger partial charge >= 0.3 is 5.69 Å². The van der Waals surface area contributed by atoms with Crippen molar-refractivity contribution in [3.8, 4) is 16.9 Å².